The first-order chi connectivity index (χ1) is 10.5. The maximum absolute atomic E-state index is 2.30. The van der Waals surface area contributed by atoms with Gasteiger partial charge in [-0.1, -0.05) is 24.3 Å². The third-order valence-corrected chi connectivity index (χ3v) is 4.62. The second-order valence-corrected chi connectivity index (χ2v) is 6.33. The molecule has 0 saturated heterocycles. The molecule has 2 nitrogen and oxygen atoms in total. The number of hydrogen-bond acceptors (Lipinski definition) is 0. The number of benzene rings is 2. The summed E-state index contributed by atoms with van der Waals surface area (Å²) in [5, 5.41) is 2.61. The van der Waals surface area contributed by atoms with Crippen LogP contribution >= 0.6 is 0 Å². The average Bonchev–Trinajstić information content (AvgIpc) is 2.98. The van der Waals surface area contributed by atoms with Crippen LogP contribution in [0.4, 0.5) is 0 Å². The zero-order valence-electron chi connectivity index (χ0n) is 13.5. The van der Waals surface area contributed by atoms with Crippen LogP contribution in [0.1, 0.15) is 11.1 Å². The highest BCUT2D eigenvalue weighted by Crippen LogP contribution is 2.34. The van der Waals surface area contributed by atoms with Crippen LogP contribution in [0.3, 0.4) is 0 Å². The molecule has 0 aliphatic rings. The molecule has 0 saturated carbocycles. The van der Waals surface area contributed by atoms with Crippen LogP contribution in [0.5, 0.6) is 0 Å². The van der Waals surface area contributed by atoms with Gasteiger partial charge in [-0.3, -0.25) is 0 Å². The molecule has 4 aromatic rings. The number of aromatic nitrogens is 2. The summed E-state index contributed by atoms with van der Waals surface area (Å²) < 4.78 is 4.53. The van der Waals surface area contributed by atoms with Crippen molar-refractivity contribution in [1.29, 1.82) is 0 Å². The van der Waals surface area contributed by atoms with Crippen molar-refractivity contribution in [2.24, 2.45) is 14.1 Å². The summed E-state index contributed by atoms with van der Waals surface area (Å²) in [7, 11) is 4.28. The minimum atomic E-state index is 1.27. The van der Waals surface area contributed by atoms with Gasteiger partial charge in [-0.2, -0.15) is 0 Å². The molecule has 0 spiro atoms. The van der Waals surface area contributed by atoms with Crippen molar-refractivity contribution in [3.63, 3.8) is 0 Å². The van der Waals surface area contributed by atoms with Gasteiger partial charge in [-0.05, 0) is 43.2 Å². The monoisotopic (exact) mass is 288 g/mol. The lowest BCUT2D eigenvalue weighted by atomic mass is 10.1. The zero-order chi connectivity index (χ0) is 15.4. The number of fused-ring (bicyclic) bond motifs is 2. The lowest BCUT2D eigenvalue weighted by Crippen LogP contribution is -1.91. The highest BCUT2D eigenvalue weighted by Gasteiger charge is 2.13. The van der Waals surface area contributed by atoms with E-state index in [2.05, 4.69) is 85.7 Å². The van der Waals surface area contributed by atoms with Gasteiger partial charge >= 0.3 is 0 Å². The third kappa shape index (κ3) is 1.80. The van der Waals surface area contributed by atoms with Gasteiger partial charge in [0, 0.05) is 47.7 Å². The van der Waals surface area contributed by atoms with Gasteiger partial charge in [-0.25, -0.2) is 0 Å². The fourth-order valence-electron chi connectivity index (χ4n) is 3.40. The van der Waals surface area contributed by atoms with E-state index in [0.717, 1.165) is 0 Å². The van der Waals surface area contributed by atoms with Crippen molar-refractivity contribution in [3.8, 4) is 11.3 Å². The molecule has 0 bridgehead atoms. The summed E-state index contributed by atoms with van der Waals surface area (Å²) in [5.74, 6) is 0. The molecular formula is C20H20N2. The Labute approximate surface area is 130 Å². The van der Waals surface area contributed by atoms with E-state index in [1.165, 1.54) is 44.2 Å². The molecule has 2 aromatic heterocycles. The van der Waals surface area contributed by atoms with Crippen molar-refractivity contribution >= 4 is 21.8 Å². The van der Waals surface area contributed by atoms with E-state index in [1.807, 2.05) is 0 Å². The van der Waals surface area contributed by atoms with Gasteiger partial charge in [0.05, 0.1) is 5.69 Å². The van der Waals surface area contributed by atoms with Gasteiger partial charge in [0.15, 0.2) is 0 Å². The second-order valence-electron chi connectivity index (χ2n) is 6.33. The molecule has 0 fully saturated rings. The summed E-state index contributed by atoms with van der Waals surface area (Å²) in [5.41, 5.74) is 7.75. The first-order valence-electron chi connectivity index (χ1n) is 7.67. The van der Waals surface area contributed by atoms with E-state index < -0.39 is 0 Å². The third-order valence-electron chi connectivity index (χ3n) is 4.62. The number of rotatable bonds is 1. The van der Waals surface area contributed by atoms with E-state index in [0.29, 0.717) is 0 Å². The standard InChI is InChI=1S/C20H20N2/c1-13-5-7-15-11-20(22(4)18(15)9-13)17-12-21(3)19-10-14(2)6-8-16(17)19/h5-12H,1-4H3. The molecule has 0 aliphatic heterocycles. The SMILES string of the molecule is Cc1ccc2c(-c3cc4ccc(C)cc4n3C)cn(C)c2c1. The summed E-state index contributed by atoms with van der Waals surface area (Å²) in [6, 6.07) is 15.6. The number of nitrogens with zero attached hydrogens (tertiary/aromatic N) is 2. The molecule has 0 amide bonds. The lowest BCUT2D eigenvalue weighted by Gasteiger charge is -2.04. The summed E-state index contributed by atoms with van der Waals surface area (Å²) in [6.45, 7) is 4.29. The molecule has 0 atom stereocenters. The maximum Gasteiger partial charge on any atom is 0.0510 e. The molecule has 0 radical (unpaired) electrons. The Bertz CT molecular complexity index is 1020. The van der Waals surface area contributed by atoms with E-state index in [1.54, 1.807) is 0 Å². The van der Waals surface area contributed by atoms with E-state index in [4.69, 9.17) is 0 Å². The molecule has 110 valence electrons. The van der Waals surface area contributed by atoms with E-state index in [9.17, 15) is 0 Å². The molecule has 0 unspecified atom stereocenters. The Hall–Kier alpha value is -2.48. The van der Waals surface area contributed by atoms with Gasteiger partial charge < -0.3 is 9.13 Å². The van der Waals surface area contributed by atoms with Crippen molar-refractivity contribution in [3.05, 3.63) is 59.8 Å². The maximum atomic E-state index is 2.30. The van der Waals surface area contributed by atoms with Crippen LogP contribution in [0.2, 0.25) is 0 Å². The van der Waals surface area contributed by atoms with Gasteiger partial charge in [0.25, 0.3) is 0 Å². The van der Waals surface area contributed by atoms with Crippen LogP contribution in [0.25, 0.3) is 33.1 Å². The summed E-state index contributed by atoms with van der Waals surface area (Å²) in [6.07, 6.45) is 2.24. The Morgan fingerprint density at radius 3 is 2.23 bits per heavy atom. The first-order valence-corrected chi connectivity index (χ1v) is 7.67. The topological polar surface area (TPSA) is 9.86 Å². The molecule has 2 aromatic carbocycles. The Morgan fingerprint density at radius 1 is 0.773 bits per heavy atom. The van der Waals surface area contributed by atoms with Crippen molar-refractivity contribution in [2.75, 3.05) is 0 Å². The normalized spacial score (nSPS) is 11.6. The minimum absolute atomic E-state index is 1.27. The van der Waals surface area contributed by atoms with Gasteiger partial charge in [-0.15, -0.1) is 0 Å². The average molecular weight is 288 g/mol. The molecule has 22 heavy (non-hydrogen) atoms. The van der Waals surface area contributed by atoms with Crippen LogP contribution in [-0.4, -0.2) is 9.13 Å². The fourth-order valence-corrected chi connectivity index (χ4v) is 3.40. The zero-order valence-corrected chi connectivity index (χ0v) is 13.5. The molecule has 4 rings (SSSR count). The Kier molecular flexibility index (Phi) is 2.70. The Morgan fingerprint density at radius 2 is 1.45 bits per heavy atom. The second kappa shape index (κ2) is 4.51. The van der Waals surface area contributed by atoms with Crippen molar-refractivity contribution < 1.29 is 0 Å². The van der Waals surface area contributed by atoms with Gasteiger partial charge in [0.2, 0.25) is 0 Å². The minimum Gasteiger partial charge on any atom is -0.350 e. The van der Waals surface area contributed by atoms with Crippen molar-refractivity contribution in [2.45, 2.75) is 13.8 Å². The highest BCUT2D eigenvalue weighted by molar-refractivity contribution is 5.99. The van der Waals surface area contributed by atoms with E-state index >= 15 is 0 Å². The lowest BCUT2D eigenvalue weighted by molar-refractivity contribution is 0.956. The Balaban J connectivity index is 2.05. The summed E-state index contributed by atoms with van der Waals surface area (Å²) in [4.78, 5) is 0. The van der Waals surface area contributed by atoms with Crippen LogP contribution in [0.15, 0.2) is 48.7 Å². The van der Waals surface area contributed by atoms with Crippen LogP contribution in [-0.2, 0) is 14.1 Å². The number of aryl methyl sites for hydroxylation is 4. The molecule has 0 aliphatic carbocycles. The van der Waals surface area contributed by atoms with Crippen molar-refractivity contribution in [1.82, 2.24) is 9.13 Å². The van der Waals surface area contributed by atoms with E-state index in [-0.39, 0.29) is 0 Å². The quantitative estimate of drug-likeness (QED) is 0.469. The first kappa shape index (κ1) is 13.2. The largest absolute Gasteiger partial charge is 0.350 e. The molecule has 0 N–H and O–H groups in total. The predicted octanol–water partition coefficient (Wildman–Crippen LogP) is 4.95. The van der Waals surface area contributed by atoms with Crippen LogP contribution < -0.4 is 0 Å². The molecular weight excluding hydrogens is 268 g/mol. The van der Waals surface area contributed by atoms with Crippen LogP contribution in [0, 0.1) is 13.8 Å². The predicted molar refractivity (Wildman–Crippen MR) is 94.3 cm³/mol. The fraction of sp³-hybridized carbons (Fsp3) is 0.200. The molecule has 2 heteroatoms. The summed E-state index contributed by atoms with van der Waals surface area (Å²) >= 11 is 0. The molecule has 2 heterocycles. The number of hydrogen-bond donors (Lipinski definition) is 0. The van der Waals surface area contributed by atoms with Gasteiger partial charge in [0.1, 0.15) is 0 Å². The highest BCUT2D eigenvalue weighted by atomic mass is 15.0. The smallest absolute Gasteiger partial charge is 0.0510 e.